The van der Waals surface area contributed by atoms with E-state index in [1.54, 1.807) is 24.3 Å². The maximum Gasteiger partial charge on any atom is 0.181 e. The van der Waals surface area contributed by atoms with Crippen molar-refractivity contribution in [2.24, 2.45) is 0 Å². The fourth-order valence-corrected chi connectivity index (χ4v) is 6.98. The Morgan fingerprint density at radius 3 is 2.41 bits per heavy atom. The number of hydrogen-bond acceptors (Lipinski definition) is 7. The highest BCUT2D eigenvalue weighted by atomic mass is 32.2. The average molecular weight is 554 g/mol. The molecule has 4 N–H and O–H groups in total. The summed E-state index contributed by atoms with van der Waals surface area (Å²) in [5.41, 5.74) is 4.24. The van der Waals surface area contributed by atoms with Crippen LogP contribution in [0.4, 0.5) is 0 Å². The predicted octanol–water partition coefficient (Wildman–Crippen LogP) is 4.23. The number of phenols is 1. The maximum absolute atomic E-state index is 12.9. The van der Waals surface area contributed by atoms with E-state index >= 15 is 0 Å². The van der Waals surface area contributed by atoms with E-state index in [0.29, 0.717) is 48.7 Å². The van der Waals surface area contributed by atoms with Gasteiger partial charge in [-0.2, -0.15) is 0 Å². The van der Waals surface area contributed by atoms with Gasteiger partial charge in [-0.3, -0.25) is 0 Å². The van der Waals surface area contributed by atoms with Crippen molar-refractivity contribution in [2.45, 2.75) is 68.0 Å². The molecule has 0 radical (unpaired) electrons. The second kappa shape index (κ2) is 14.1. The minimum absolute atomic E-state index is 0.0180. The first kappa shape index (κ1) is 29.2. The van der Waals surface area contributed by atoms with Crippen LogP contribution in [0.1, 0.15) is 59.6 Å². The maximum atomic E-state index is 12.9. The minimum atomic E-state index is -3.25. The van der Waals surface area contributed by atoms with Gasteiger partial charge in [-0.25, -0.2) is 8.42 Å². The third kappa shape index (κ3) is 8.13. The normalized spacial score (nSPS) is 15.0. The molecular weight excluding hydrogens is 514 g/mol. The van der Waals surface area contributed by atoms with E-state index in [1.807, 2.05) is 24.3 Å². The van der Waals surface area contributed by atoms with Crippen LogP contribution in [-0.2, 0) is 40.6 Å². The summed E-state index contributed by atoms with van der Waals surface area (Å²) in [6.07, 6.45) is 4.22. The number of aliphatic hydroxyl groups is 2. The third-order valence-electron chi connectivity index (χ3n) is 7.35. The van der Waals surface area contributed by atoms with Crippen molar-refractivity contribution in [2.75, 3.05) is 19.7 Å². The van der Waals surface area contributed by atoms with Crippen LogP contribution in [-0.4, -0.2) is 48.7 Å². The molecule has 1 atom stereocenters. The van der Waals surface area contributed by atoms with Gasteiger partial charge < -0.3 is 25.4 Å². The van der Waals surface area contributed by atoms with Gasteiger partial charge in [-0.15, -0.1) is 0 Å². The van der Waals surface area contributed by atoms with E-state index in [4.69, 9.17) is 4.74 Å². The van der Waals surface area contributed by atoms with E-state index in [-0.39, 0.29) is 17.6 Å². The Morgan fingerprint density at radius 2 is 1.64 bits per heavy atom. The van der Waals surface area contributed by atoms with E-state index in [2.05, 4.69) is 17.4 Å². The molecule has 0 heterocycles. The summed E-state index contributed by atoms with van der Waals surface area (Å²) >= 11 is 0. The van der Waals surface area contributed by atoms with Crippen LogP contribution in [0.5, 0.6) is 5.75 Å². The largest absolute Gasteiger partial charge is 0.508 e. The lowest BCUT2D eigenvalue weighted by atomic mass is 10.0. The summed E-state index contributed by atoms with van der Waals surface area (Å²) in [6, 6.07) is 20.2. The van der Waals surface area contributed by atoms with Gasteiger partial charge >= 0.3 is 0 Å². The Hall–Kier alpha value is -2.75. The second-order valence-corrected chi connectivity index (χ2v) is 12.5. The monoisotopic (exact) mass is 553 g/mol. The summed E-state index contributed by atoms with van der Waals surface area (Å²) in [4.78, 5) is 0.429. The van der Waals surface area contributed by atoms with Crippen molar-refractivity contribution in [3.8, 4) is 5.75 Å². The summed E-state index contributed by atoms with van der Waals surface area (Å²) in [5, 5.41) is 32.4. The molecule has 3 aromatic rings. The number of nitrogens with one attached hydrogen (secondary N) is 1. The Kier molecular flexibility index (Phi) is 10.5. The zero-order valence-corrected chi connectivity index (χ0v) is 23.1. The first-order chi connectivity index (χ1) is 18.9. The summed E-state index contributed by atoms with van der Waals surface area (Å²) in [7, 11) is -3.25. The molecule has 4 rings (SSSR count). The van der Waals surface area contributed by atoms with Crippen molar-refractivity contribution in [1.29, 1.82) is 0 Å². The molecule has 0 aromatic heterocycles. The molecule has 1 aliphatic rings. The zero-order chi connectivity index (χ0) is 27.7. The van der Waals surface area contributed by atoms with Crippen LogP contribution in [0.2, 0.25) is 0 Å². The SMILES string of the molecule is O=S(=O)(c1cccc(CCOCc2cccc(CCNCC(O)c3ccc(O)c(CO)c3)c2)c1)C1CCCC1. The van der Waals surface area contributed by atoms with Gasteiger partial charge in [0.2, 0.25) is 0 Å². The van der Waals surface area contributed by atoms with Gasteiger partial charge in [-0.1, -0.05) is 55.3 Å². The van der Waals surface area contributed by atoms with E-state index in [9.17, 15) is 23.7 Å². The van der Waals surface area contributed by atoms with E-state index < -0.39 is 15.9 Å². The fourth-order valence-electron chi connectivity index (χ4n) is 5.05. The van der Waals surface area contributed by atoms with Gasteiger partial charge in [0.1, 0.15) is 5.75 Å². The van der Waals surface area contributed by atoms with Crippen LogP contribution in [0.3, 0.4) is 0 Å². The molecule has 7 nitrogen and oxygen atoms in total. The van der Waals surface area contributed by atoms with Crippen LogP contribution in [0, 0.1) is 0 Å². The minimum Gasteiger partial charge on any atom is -0.508 e. The molecule has 1 aliphatic carbocycles. The Balaban J connectivity index is 1.19. The first-order valence-electron chi connectivity index (χ1n) is 13.7. The number of sulfone groups is 1. The Labute approximate surface area is 231 Å². The Bertz CT molecular complexity index is 1320. The predicted molar refractivity (Wildman–Crippen MR) is 151 cm³/mol. The van der Waals surface area contributed by atoms with E-state index in [0.717, 1.165) is 48.8 Å². The lowest BCUT2D eigenvalue weighted by Gasteiger charge is -2.14. The molecule has 0 saturated heterocycles. The van der Waals surface area contributed by atoms with E-state index in [1.165, 1.54) is 6.07 Å². The summed E-state index contributed by atoms with van der Waals surface area (Å²) in [5.74, 6) is 0.0180. The number of aromatic hydroxyl groups is 1. The second-order valence-electron chi connectivity index (χ2n) is 10.2. The van der Waals surface area contributed by atoms with Gasteiger partial charge in [-0.05, 0) is 78.7 Å². The van der Waals surface area contributed by atoms with Crippen molar-refractivity contribution in [3.63, 3.8) is 0 Å². The quantitative estimate of drug-likeness (QED) is 0.221. The third-order valence-corrected chi connectivity index (χ3v) is 9.61. The lowest BCUT2D eigenvalue weighted by Crippen LogP contribution is -2.23. The molecule has 1 unspecified atom stereocenters. The van der Waals surface area contributed by atoms with Crippen LogP contribution < -0.4 is 5.32 Å². The molecule has 0 aliphatic heterocycles. The lowest BCUT2D eigenvalue weighted by molar-refractivity contribution is 0.124. The molecule has 0 bridgehead atoms. The molecule has 1 saturated carbocycles. The molecule has 8 heteroatoms. The average Bonchev–Trinajstić information content (AvgIpc) is 3.50. The summed E-state index contributed by atoms with van der Waals surface area (Å²) < 4.78 is 31.7. The molecule has 3 aromatic carbocycles. The molecule has 39 heavy (non-hydrogen) atoms. The Morgan fingerprint density at radius 1 is 0.923 bits per heavy atom. The highest BCUT2D eigenvalue weighted by Crippen LogP contribution is 2.30. The molecule has 1 fully saturated rings. The van der Waals surface area contributed by atoms with Crippen LogP contribution in [0.25, 0.3) is 0 Å². The fraction of sp³-hybridized carbons (Fsp3) is 0.419. The smallest absolute Gasteiger partial charge is 0.181 e. The summed E-state index contributed by atoms with van der Waals surface area (Å²) in [6.45, 7) is 1.76. The van der Waals surface area contributed by atoms with Crippen molar-refractivity contribution >= 4 is 9.84 Å². The molecular formula is C31H39NO6S. The highest BCUT2D eigenvalue weighted by Gasteiger charge is 2.30. The van der Waals surface area contributed by atoms with Gasteiger partial charge in [0.05, 0.1) is 36.1 Å². The number of aliphatic hydroxyl groups excluding tert-OH is 2. The van der Waals surface area contributed by atoms with Crippen molar-refractivity contribution in [1.82, 2.24) is 5.32 Å². The number of benzene rings is 3. The van der Waals surface area contributed by atoms with Crippen LogP contribution in [0.15, 0.2) is 71.6 Å². The number of hydrogen-bond donors (Lipinski definition) is 4. The highest BCUT2D eigenvalue weighted by molar-refractivity contribution is 7.92. The standard InChI is InChI=1S/C31H39NO6S/c33-21-27-19-26(11-12-30(27)34)31(35)20-32-15-13-23-5-3-7-25(17-23)22-38-16-14-24-6-4-10-29(18-24)39(36,37)28-8-1-2-9-28/h3-7,10-12,17-19,28,31-35H,1-2,8-9,13-16,20-22H2. The zero-order valence-electron chi connectivity index (χ0n) is 22.3. The van der Waals surface area contributed by atoms with Crippen LogP contribution >= 0.6 is 0 Å². The van der Waals surface area contributed by atoms with Crippen molar-refractivity contribution in [3.05, 3.63) is 94.5 Å². The van der Waals surface area contributed by atoms with Gasteiger partial charge in [0.15, 0.2) is 9.84 Å². The number of ether oxygens (including phenoxy) is 1. The molecule has 0 spiro atoms. The number of rotatable bonds is 14. The molecule has 0 amide bonds. The van der Waals surface area contributed by atoms with Gasteiger partial charge in [0.25, 0.3) is 0 Å². The molecule has 210 valence electrons. The van der Waals surface area contributed by atoms with Gasteiger partial charge in [0, 0.05) is 12.1 Å². The first-order valence-corrected chi connectivity index (χ1v) is 15.2. The topological polar surface area (TPSA) is 116 Å². The van der Waals surface area contributed by atoms with Crippen molar-refractivity contribution < 1.29 is 28.5 Å².